The minimum atomic E-state index is 0.0773. The second-order valence-electron chi connectivity index (χ2n) is 4.32. The van der Waals surface area contributed by atoms with Gasteiger partial charge in [-0.25, -0.2) is 0 Å². The van der Waals surface area contributed by atoms with Gasteiger partial charge in [-0.3, -0.25) is 0 Å². The van der Waals surface area contributed by atoms with Crippen LogP contribution in [0.4, 0.5) is 0 Å². The largest absolute Gasteiger partial charge is 0.469 e. The van der Waals surface area contributed by atoms with Gasteiger partial charge in [0.25, 0.3) is 0 Å². The normalized spacial score (nSPS) is 12.6. The van der Waals surface area contributed by atoms with Gasteiger partial charge in [-0.1, -0.05) is 43.1 Å². The predicted molar refractivity (Wildman–Crippen MR) is 80.1 cm³/mol. The van der Waals surface area contributed by atoms with Crippen LogP contribution in [0.25, 0.3) is 0 Å². The second kappa shape index (κ2) is 6.47. The molecular formula is C15H17Cl2NO. The van der Waals surface area contributed by atoms with Crippen LogP contribution in [0.1, 0.15) is 36.8 Å². The van der Waals surface area contributed by atoms with Crippen LogP contribution in [-0.2, 0) is 6.42 Å². The molecule has 1 heterocycles. The van der Waals surface area contributed by atoms with Gasteiger partial charge in [0.05, 0.1) is 22.4 Å². The highest BCUT2D eigenvalue weighted by Gasteiger charge is 2.18. The highest BCUT2D eigenvalue weighted by Crippen LogP contribution is 2.31. The lowest BCUT2D eigenvalue weighted by Gasteiger charge is -2.19. The summed E-state index contributed by atoms with van der Waals surface area (Å²) in [6.45, 7) is 5.02. The van der Waals surface area contributed by atoms with Crippen LogP contribution in [0.2, 0.25) is 10.0 Å². The van der Waals surface area contributed by atoms with Gasteiger partial charge in [-0.05, 0) is 30.3 Å². The Labute approximate surface area is 123 Å². The van der Waals surface area contributed by atoms with Gasteiger partial charge in [-0.2, -0.15) is 0 Å². The Kier molecular flexibility index (Phi) is 4.92. The van der Waals surface area contributed by atoms with Gasteiger partial charge in [0, 0.05) is 12.0 Å². The molecular weight excluding hydrogens is 281 g/mol. The maximum atomic E-state index is 6.11. The Bertz CT molecular complexity index is 551. The Balaban J connectivity index is 2.42. The fraction of sp³-hybridized carbons (Fsp3) is 0.333. The lowest BCUT2D eigenvalue weighted by atomic mass is 9.98. The Morgan fingerprint density at radius 1 is 1.16 bits per heavy atom. The van der Waals surface area contributed by atoms with Gasteiger partial charge in [0.1, 0.15) is 5.76 Å². The molecule has 19 heavy (non-hydrogen) atoms. The molecule has 0 bridgehead atoms. The Morgan fingerprint density at radius 2 is 1.95 bits per heavy atom. The zero-order valence-corrected chi connectivity index (χ0v) is 12.6. The van der Waals surface area contributed by atoms with E-state index in [0.717, 1.165) is 29.9 Å². The third-order valence-corrected chi connectivity index (χ3v) is 3.84. The number of hydrogen-bond donors (Lipinski definition) is 1. The fourth-order valence-corrected chi connectivity index (χ4v) is 2.51. The molecule has 1 atom stereocenters. The van der Waals surface area contributed by atoms with Crippen LogP contribution in [0, 0.1) is 0 Å². The van der Waals surface area contributed by atoms with Crippen molar-refractivity contribution in [3.63, 3.8) is 0 Å². The molecule has 1 unspecified atom stereocenters. The monoisotopic (exact) mass is 297 g/mol. The first kappa shape index (κ1) is 14.4. The summed E-state index contributed by atoms with van der Waals surface area (Å²) >= 11 is 12.1. The fourth-order valence-electron chi connectivity index (χ4n) is 2.20. The average Bonchev–Trinajstić information content (AvgIpc) is 2.87. The van der Waals surface area contributed by atoms with Crippen molar-refractivity contribution in [2.45, 2.75) is 26.3 Å². The van der Waals surface area contributed by atoms with Crippen molar-refractivity contribution in [1.29, 1.82) is 0 Å². The first-order valence-corrected chi connectivity index (χ1v) is 7.17. The molecule has 0 aliphatic rings. The Morgan fingerprint density at radius 3 is 2.58 bits per heavy atom. The number of hydrogen-bond acceptors (Lipinski definition) is 2. The number of benzene rings is 1. The maximum absolute atomic E-state index is 6.11. The number of furan rings is 1. The molecule has 2 aromatic rings. The summed E-state index contributed by atoms with van der Waals surface area (Å²) in [5.74, 6) is 0.997. The van der Waals surface area contributed by atoms with Crippen molar-refractivity contribution in [1.82, 2.24) is 5.32 Å². The molecule has 4 heteroatoms. The van der Waals surface area contributed by atoms with Crippen LogP contribution < -0.4 is 5.32 Å². The van der Waals surface area contributed by atoms with Crippen molar-refractivity contribution in [2.24, 2.45) is 0 Å². The van der Waals surface area contributed by atoms with Crippen LogP contribution in [0.5, 0.6) is 0 Å². The summed E-state index contributed by atoms with van der Waals surface area (Å²) < 4.78 is 5.52. The second-order valence-corrected chi connectivity index (χ2v) is 5.13. The minimum Gasteiger partial charge on any atom is -0.469 e. The van der Waals surface area contributed by atoms with Crippen LogP contribution in [0.15, 0.2) is 34.9 Å². The summed E-state index contributed by atoms with van der Waals surface area (Å²) in [7, 11) is 0. The number of aryl methyl sites for hydroxylation is 1. The van der Waals surface area contributed by atoms with E-state index >= 15 is 0 Å². The van der Waals surface area contributed by atoms with E-state index in [2.05, 4.69) is 19.2 Å². The van der Waals surface area contributed by atoms with E-state index in [9.17, 15) is 0 Å². The quantitative estimate of drug-likeness (QED) is 0.853. The standard InChI is InChI=1S/C15H17Cl2NO/c1-3-14-11(7-8-19-14)15(18-4-2)10-5-6-12(16)13(17)9-10/h5-9,15,18H,3-4H2,1-2H3. The van der Waals surface area contributed by atoms with E-state index in [1.807, 2.05) is 24.3 Å². The first-order valence-electron chi connectivity index (χ1n) is 6.42. The number of rotatable bonds is 5. The van der Waals surface area contributed by atoms with Crippen molar-refractivity contribution < 1.29 is 4.42 Å². The van der Waals surface area contributed by atoms with Gasteiger partial charge in [0.15, 0.2) is 0 Å². The molecule has 1 aromatic carbocycles. The lowest BCUT2D eigenvalue weighted by molar-refractivity contribution is 0.502. The zero-order valence-electron chi connectivity index (χ0n) is 11.0. The number of halogens is 2. The zero-order chi connectivity index (χ0) is 13.8. The van der Waals surface area contributed by atoms with Crippen molar-refractivity contribution in [2.75, 3.05) is 6.54 Å². The molecule has 2 rings (SSSR count). The van der Waals surface area contributed by atoms with Crippen LogP contribution >= 0.6 is 23.2 Å². The molecule has 0 spiro atoms. The molecule has 102 valence electrons. The summed E-state index contributed by atoms with van der Waals surface area (Å²) in [6.07, 6.45) is 2.60. The topological polar surface area (TPSA) is 25.2 Å². The molecule has 0 aliphatic carbocycles. The predicted octanol–water partition coefficient (Wildman–Crippen LogP) is 4.85. The molecule has 0 amide bonds. The molecule has 2 nitrogen and oxygen atoms in total. The van der Waals surface area contributed by atoms with E-state index in [1.165, 1.54) is 0 Å². The van der Waals surface area contributed by atoms with E-state index in [0.29, 0.717) is 10.0 Å². The van der Waals surface area contributed by atoms with E-state index in [1.54, 1.807) is 6.26 Å². The van der Waals surface area contributed by atoms with Crippen LogP contribution in [-0.4, -0.2) is 6.54 Å². The third-order valence-electron chi connectivity index (χ3n) is 3.10. The molecule has 1 aromatic heterocycles. The molecule has 0 saturated heterocycles. The van der Waals surface area contributed by atoms with Crippen molar-refractivity contribution in [3.05, 3.63) is 57.5 Å². The average molecular weight is 298 g/mol. The highest BCUT2D eigenvalue weighted by molar-refractivity contribution is 6.42. The molecule has 0 radical (unpaired) electrons. The third kappa shape index (κ3) is 3.14. The van der Waals surface area contributed by atoms with Gasteiger partial charge in [-0.15, -0.1) is 0 Å². The Hall–Kier alpha value is -0.960. The lowest BCUT2D eigenvalue weighted by Crippen LogP contribution is -2.22. The molecule has 0 fully saturated rings. The van der Waals surface area contributed by atoms with Gasteiger partial charge < -0.3 is 9.73 Å². The van der Waals surface area contributed by atoms with Gasteiger partial charge >= 0.3 is 0 Å². The van der Waals surface area contributed by atoms with Crippen molar-refractivity contribution in [3.8, 4) is 0 Å². The van der Waals surface area contributed by atoms with Crippen LogP contribution in [0.3, 0.4) is 0 Å². The molecule has 1 N–H and O–H groups in total. The first-order chi connectivity index (χ1) is 9.17. The van der Waals surface area contributed by atoms with E-state index in [4.69, 9.17) is 27.6 Å². The minimum absolute atomic E-state index is 0.0773. The number of nitrogens with one attached hydrogen (secondary N) is 1. The maximum Gasteiger partial charge on any atom is 0.108 e. The van der Waals surface area contributed by atoms with E-state index in [-0.39, 0.29) is 6.04 Å². The summed E-state index contributed by atoms with van der Waals surface area (Å²) in [5, 5.41) is 4.61. The molecule has 0 aliphatic heterocycles. The summed E-state index contributed by atoms with van der Waals surface area (Å²) in [6, 6.07) is 7.81. The molecule has 0 saturated carbocycles. The highest BCUT2D eigenvalue weighted by atomic mass is 35.5. The van der Waals surface area contributed by atoms with E-state index < -0.39 is 0 Å². The smallest absolute Gasteiger partial charge is 0.108 e. The van der Waals surface area contributed by atoms with Gasteiger partial charge in [0.2, 0.25) is 0 Å². The summed E-state index contributed by atoms with van der Waals surface area (Å²) in [5.41, 5.74) is 2.25. The summed E-state index contributed by atoms with van der Waals surface area (Å²) in [4.78, 5) is 0. The SMILES string of the molecule is CCNC(c1ccc(Cl)c(Cl)c1)c1ccoc1CC. The van der Waals surface area contributed by atoms with Crippen molar-refractivity contribution >= 4 is 23.2 Å².